The molecule has 0 aromatic heterocycles. The van der Waals surface area contributed by atoms with Crippen molar-refractivity contribution in [2.75, 3.05) is 43.8 Å². The molecule has 2 rings (SSSR count). The number of benzene rings is 1. The Morgan fingerprint density at radius 3 is 2.38 bits per heavy atom. The summed E-state index contributed by atoms with van der Waals surface area (Å²) in [6, 6.07) is 4.23. The summed E-state index contributed by atoms with van der Waals surface area (Å²) in [4.78, 5) is 16.7. The van der Waals surface area contributed by atoms with Crippen LogP contribution in [0, 0.1) is 6.92 Å². The summed E-state index contributed by atoms with van der Waals surface area (Å²) in [5.41, 5.74) is 1.20. The van der Waals surface area contributed by atoms with Crippen molar-refractivity contribution >= 4 is 33.2 Å². The van der Waals surface area contributed by atoms with Gasteiger partial charge in [0, 0.05) is 31.2 Å². The molecule has 1 aliphatic heterocycles. The molecule has 6 nitrogen and oxygen atoms in total. The van der Waals surface area contributed by atoms with E-state index >= 15 is 0 Å². The van der Waals surface area contributed by atoms with Crippen LogP contribution in [-0.2, 0) is 14.8 Å². The number of carbonyl (C=O) groups is 1. The van der Waals surface area contributed by atoms with Crippen molar-refractivity contribution in [3.63, 3.8) is 0 Å². The minimum atomic E-state index is -3.63. The largest absolute Gasteiger partial charge is 0.338 e. The van der Waals surface area contributed by atoms with Gasteiger partial charge in [0.25, 0.3) is 0 Å². The monoisotopic (exact) mass is 373 g/mol. The molecule has 1 aromatic rings. The molecule has 0 unspecified atom stereocenters. The quantitative estimate of drug-likeness (QED) is 0.803. The molecule has 0 N–H and O–H groups in total. The van der Waals surface area contributed by atoms with Crippen molar-refractivity contribution in [2.45, 2.75) is 19.9 Å². The van der Waals surface area contributed by atoms with Crippen LogP contribution in [0.15, 0.2) is 18.2 Å². The van der Waals surface area contributed by atoms with Crippen molar-refractivity contribution in [3.8, 4) is 0 Å². The maximum atomic E-state index is 12.8. The third-order valence-corrected chi connectivity index (χ3v) is 5.75. The minimum absolute atomic E-state index is 0.187. The lowest BCUT2D eigenvalue weighted by Crippen LogP contribution is -2.54. The van der Waals surface area contributed by atoms with Crippen molar-refractivity contribution < 1.29 is 13.2 Å². The molecule has 1 aliphatic rings. The Labute approximate surface area is 149 Å². The predicted molar refractivity (Wildman–Crippen MR) is 97.1 cm³/mol. The molecule has 1 saturated heterocycles. The highest BCUT2D eigenvalue weighted by Gasteiger charge is 2.33. The molecule has 0 aliphatic carbocycles. The van der Waals surface area contributed by atoms with E-state index in [9.17, 15) is 13.2 Å². The summed E-state index contributed by atoms with van der Waals surface area (Å²) < 4.78 is 25.9. The van der Waals surface area contributed by atoms with Gasteiger partial charge in [-0.05, 0) is 38.6 Å². The number of carbonyl (C=O) groups excluding carboxylic acids is 1. The van der Waals surface area contributed by atoms with Gasteiger partial charge in [-0.25, -0.2) is 8.42 Å². The summed E-state index contributed by atoms with van der Waals surface area (Å²) in [6.45, 7) is 6.21. The molecule has 0 saturated carbocycles. The minimum Gasteiger partial charge on any atom is -0.338 e. The Kier molecular flexibility index (Phi) is 5.78. The first-order valence-corrected chi connectivity index (χ1v) is 10.1. The van der Waals surface area contributed by atoms with Gasteiger partial charge in [0.2, 0.25) is 15.9 Å². The van der Waals surface area contributed by atoms with E-state index in [0.717, 1.165) is 24.9 Å². The zero-order valence-electron chi connectivity index (χ0n) is 14.5. The number of rotatable bonds is 4. The van der Waals surface area contributed by atoms with Crippen LogP contribution in [0.2, 0.25) is 5.02 Å². The van der Waals surface area contributed by atoms with Crippen molar-refractivity contribution in [3.05, 3.63) is 28.8 Å². The van der Waals surface area contributed by atoms with Crippen LogP contribution in [0.1, 0.15) is 12.5 Å². The van der Waals surface area contributed by atoms with Crippen molar-refractivity contribution in [2.24, 2.45) is 0 Å². The average molecular weight is 374 g/mol. The van der Waals surface area contributed by atoms with Crippen LogP contribution >= 0.6 is 11.6 Å². The second-order valence-electron chi connectivity index (χ2n) is 6.29. The Balaban J connectivity index is 2.34. The first-order valence-electron chi connectivity index (χ1n) is 7.84. The number of hydrogen-bond donors (Lipinski definition) is 0. The van der Waals surface area contributed by atoms with Crippen LogP contribution in [0.3, 0.4) is 0 Å². The van der Waals surface area contributed by atoms with E-state index in [0.29, 0.717) is 23.8 Å². The second kappa shape index (κ2) is 7.29. The Hall–Kier alpha value is -1.31. The summed E-state index contributed by atoms with van der Waals surface area (Å²) in [7, 11) is -1.63. The zero-order chi connectivity index (χ0) is 18.1. The third-order valence-electron chi connectivity index (χ3n) is 4.29. The molecule has 0 radical (unpaired) electrons. The number of likely N-dealkylation sites (N-methyl/N-ethyl adjacent to an activating group) is 1. The molecule has 8 heteroatoms. The first-order chi connectivity index (χ1) is 11.1. The van der Waals surface area contributed by atoms with Gasteiger partial charge in [-0.15, -0.1) is 0 Å². The fourth-order valence-corrected chi connectivity index (χ4v) is 4.27. The summed E-state index contributed by atoms with van der Waals surface area (Å²) >= 11 is 6.04. The molecule has 1 amide bonds. The van der Waals surface area contributed by atoms with E-state index < -0.39 is 16.1 Å². The van der Waals surface area contributed by atoms with Gasteiger partial charge in [-0.1, -0.05) is 17.7 Å². The average Bonchev–Trinajstić information content (AvgIpc) is 2.49. The smallest absolute Gasteiger partial charge is 0.246 e. The molecule has 1 fully saturated rings. The standard InChI is InChI=1S/C16H24ClN3O3S/c1-12-5-6-14(17)11-15(12)20(24(4,22)23)13(2)16(21)19-9-7-18(3)8-10-19/h5-6,11,13H,7-10H2,1-4H3/t13-/m1/s1. The molecule has 0 bridgehead atoms. The third kappa shape index (κ3) is 4.20. The molecular formula is C16H24ClN3O3S. The van der Waals surface area contributed by atoms with Gasteiger partial charge in [0.05, 0.1) is 11.9 Å². The fraction of sp³-hybridized carbons (Fsp3) is 0.562. The topological polar surface area (TPSA) is 60.9 Å². The number of amides is 1. The maximum Gasteiger partial charge on any atom is 0.246 e. The number of hydrogen-bond acceptors (Lipinski definition) is 4. The maximum absolute atomic E-state index is 12.8. The number of piperazine rings is 1. The van der Waals surface area contributed by atoms with Crippen LogP contribution in [0.25, 0.3) is 0 Å². The van der Waals surface area contributed by atoms with Gasteiger partial charge in [0.1, 0.15) is 6.04 Å². The Morgan fingerprint density at radius 1 is 1.25 bits per heavy atom. The number of sulfonamides is 1. The molecule has 1 heterocycles. The van der Waals surface area contributed by atoms with Gasteiger partial charge in [-0.2, -0.15) is 0 Å². The van der Waals surface area contributed by atoms with Gasteiger partial charge in [0.15, 0.2) is 0 Å². The number of nitrogens with zero attached hydrogens (tertiary/aromatic N) is 3. The lowest BCUT2D eigenvalue weighted by molar-refractivity contribution is -0.133. The molecule has 24 heavy (non-hydrogen) atoms. The highest BCUT2D eigenvalue weighted by Crippen LogP contribution is 2.28. The van der Waals surface area contributed by atoms with E-state index in [1.165, 1.54) is 4.31 Å². The first kappa shape index (κ1) is 19.0. The molecule has 1 aromatic carbocycles. The zero-order valence-corrected chi connectivity index (χ0v) is 16.1. The lowest BCUT2D eigenvalue weighted by Gasteiger charge is -2.37. The number of halogens is 1. The van der Waals surface area contributed by atoms with Crippen LogP contribution in [-0.4, -0.2) is 69.6 Å². The van der Waals surface area contributed by atoms with Crippen LogP contribution in [0.5, 0.6) is 0 Å². The highest BCUT2D eigenvalue weighted by atomic mass is 35.5. The highest BCUT2D eigenvalue weighted by molar-refractivity contribution is 7.92. The van der Waals surface area contributed by atoms with E-state index in [2.05, 4.69) is 4.90 Å². The van der Waals surface area contributed by atoms with Crippen molar-refractivity contribution in [1.29, 1.82) is 0 Å². The summed E-state index contributed by atoms with van der Waals surface area (Å²) in [5.74, 6) is -0.187. The normalized spacial score (nSPS) is 17.6. The Bertz CT molecular complexity index is 715. The molecular weight excluding hydrogens is 350 g/mol. The predicted octanol–water partition coefficient (Wildman–Crippen LogP) is 1.58. The molecule has 1 atom stereocenters. The van der Waals surface area contributed by atoms with Gasteiger partial charge >= 0.3 is 0 Å². The van der Waals surface area contributed by atoms with E-state index in [1.54, 1.807) is 36.9 Å². The molecule has 0 spiro atoms. The number of anilines is 1. The second-order valence-corrected chi connectivity index (χ2v) is 8.59. The van der Waals surface area contributed by atoms with Crippen LogP contribution in [0.4, 0.5) is 5.69 Å². The fourth-order valence-electron chi connectivity index (χ4n) is 2.89. The summed E-state index contributed by atoms with van der Waals surface area (Å²) in [5, 5.41) is 0.434. The van der Waals surface area contributed by atoms with E-state index in [-0.39, 0.29) is 5.91 Å². The van der Waals surface area contributed by atoms with Crippen LogP contribution < -0.4 is 4.31 Å². The van der Waals surface area contributed by atoms with Crippen molar-refractivity contribution in [1.82, 2.24) is 9.80 Å². The lowest BCUT2D eigenvalue weighted by atomic mass is 10.1. The van der Waals surface area contributed by atoms with E-state index in [1.807, 2.05) is 7.05 Å². The SMILES string of the molecule is Cc1ccc(Cl)cc1N([C@H](C)C(=O)N1CCN(C)CC1)S(C)(=O)=O. The Morgan fingerprint density at radius 2 is 1.83 bits per heavy atom. The van der Waals surface area contributed by atoms with Gasteiger partial charge < -0.3 is 9.80 Å². The summed E-state index contributed by atoms with van der Waals surface area (Å²) in [6.07, 6.45) is 1.11. The number of aryl methyl sites for hydroxylation is 1. The van der Waals surface area contributed by atoms with E-state index in [4.69, 9.17) is 11.6 Å². The molecule has 134 valence electrons. The van der Waals surface area contributed by atoms with Gasteiger partial charge in [-0.3, -0.25) is 9.10 Å².